The molecule has 0 bridgehead atoms. The van der Waals surface area contributed by atoms with E-state index < -0.39 is 5.60 Å². The molecule has 0 amide bonds. The molecule has 0 unspecified atom stereocenters. The first-order chi connectivity index (χ1) is 7.55. The van der Waals surface area contributed by atoms with Crippen LogP contribution in [0, 0.1) is 12.3 Å². The van der Waals surface area contributed by atoms with Gasteiger partial charge in [0.25, 0.3) is 0 Å². The lowest BCUT2D eigenvalue weighted by Gasteiger charge is -2.22. The van der Waals surface area contributed by atoms with E-state index in [1.54, 1.807) is 39.3 Å². The number of terminal acetylenes is 1. The summed E-state index contributed by atoms with van der Waals surface area (Å²) in [5.41, 5.74) is -0.336. The van der Waals surface area contributed by atoms with E-state index in [-0.39, 0.29) is 6.42 Å². The van der Waals surface area contributed by atoms with Crippen LogP contribution in [0.1, 0.15) is 18.9 Å². The summed E-state index contributed by atoms with van der Waals surface area (Å²) in [7, 11) is 3.12. The zero-order valence-corrected chi connectivity index (χ0v) is 9.78. The van der Waals surface area contributed by atoms with Crippen LogP contribution in [0.25, 0.3) is 0 Å². The molecule has 16 heavy (non-hydrogen) atoms. The Hall–Kier alpha value is -1.66. The number of ether oxygens (including phenoxy) is 2. The fraction of sp³-hybridized carbons (Fsp3) is 0.385. The highest BCUT2D eigenvalue weighted by Crippen LogP contribution is 2.33. The van der Waals surface area contributed by atoms with E-state index in [2.05, 4.69) is 5.92 Å². The number of aliphatic hydroxyl groups is 1. The van der Waals surface area contributed by atoms with Gasteiger partial charge < -0.3 is 14.6 Å². The van der Waals surface area contributed by atoms with Gasteiger partial charge in [0.1, 0.15) is 0 Å². The Bertz CT molecular complexity index is 402. The van der Waals surface area contributed by atoms with Crippen molar-refractivity contribution in [3.63, 3.8) is 0 Å². The largest absolute Gasteiger partial charge is 0.493 e. The van der Waals surface area contributed by atoms with Gasteiger partial charge in [0.05, 0.1) is 19.8 Å². The molecule has 86 valence electrons. The van der Waals surface area contributed by atoms with Gasteiger partial charge in [-0.1, -0.05) is 6.07 Å². The zero-order chi connectivity index (χ0) is 12.2. The van der Waals surface area contributed by atoms with E-state index in [0.717, 1.165) is 0 Å². The maximum Gasteiger partial charge on any atom is 0.161 e. The Balaban J connectivity index is 3.13. The number of rotatable bonds is 4. The molecule has 1 atom stereocenters. The third-order valence-electron chi connectivity index (χ3n) is 2.45. The van der Waals surface area contributed by atoms with Crippen molar-refractivity contribution >= 4 is 0 Å². The van der Waals surface area contributed by atoms with Gasteiger partial charge in [0.2, 0.25) is 0 Å². The minimum absolute atomic E-state index is 0.252. The van der Waals surface area contributed by atoms with Gasteiger partial charge in [-0.3, -0.25) is 0 Å². The quantitative estimate of drug-likeness (QED) is 0.788. The molecule has 1 N–H and O–H groups in total. The van der Waals surface area contributed by atoms with E-state index in [0.29, 0.717) is 17.1 Å². The van der Waals surface area contributed by atoms with E-state index in [4.69, 9.17) is 15.9 Å². The first kappa shape index (κ1) is 12.4. The molecule has 1 aromatic carbocycles. The molecule has 0 aliphatic carbocycles. The Morgan fingerprint density at radius 3 is 2.44 bits per heavy atom. The summed E-state index contributed by atoms with van der Waals surface area (Å²) in [6.45, 7) is 1.67. The smallest absolute Gasteiger partial charge is 0.161 e. The Kier molecular flexibility index (Phi) is 3.81. The molecule has 0 aliphatic heterocycles. The predicted molar refractivity (Wildman–Crippen MR) is 62.6 cm³/mol. The van der Waals surface area contributed by atoms with Crippen LogP contribution in [-0.2, 0) is 5.60 Å². The maximum absolute atomic E-state index is 10.1. The summed E-state index contributed by atoms with van der Waals surface area (Å²) in [5, 5.41) is 10.1. The second-order valence-electron chi connectivity index (χ2n) is 3.72. The fourth-order valence-corrected chi connectivity index (χ4v) is 1.47. The Morgan fingerprint density at radius 1 is 1.31 bits per heavy atom. The summed E-state index contributed by atoms with van der Waals surface area (Å²) in [6, 6.07) is 5.26. The Labute approximate surface area is 96.0 Å². The minimum atomic E-state index is -1.05. The average molecular weight is 220 g/mol. The molecule has 0 aromatic heterocycles. The number of benzene rings is 1. The molecule has 0 heterocycles. The summed E-state index contributed by atoms with van der Waals surface area (Å²) in [4.78, 5) is 0. The van der Waals surface area contributed by atoms with Crippen LogP contribution in [0.2, 0.25) is 0 Å². The molecule has 1 rings (SSSR count). The summed E-state index contributed by atoms with van der Waals surface area (Å²) >= 11 is 0. The summed E-state index contributed by atoms with van der Waals surface area (Å²) < 4.78 is 10.3. The third-order valence-corrected chi connectivity index (χ3v) is 2.45. The van der Waals surface area contributed by atoms with Gasteiger partial charge in [-0.15, -0.1) is 12.3 Å². The summed E-state index contributed by atoms with van der Waals surface area (Å²) in [5.74, 6) is 3.66. The van der Waals surface area contributed by atoms with Gasteiger partial charge in [-0.05, 0) is 24.6 Å². The van der Waals surface area contributed by atoms with Crippen molar-refractivity contribution in [2.75, 3.05) is 14.2 Å². The molecule has 3 heteroatoms. The minimum Gasteiger partial charge on any atom is -0.493 e. The molecule has 0 aliphatic rings. The lowest BCUT2D eigenvalue weighted by atomic mass is 9.92. The van der Waals surface area contributed by atoms with Crippen molar-refractivity contribution in [1.82, 2.24) is 0 Å². The van der Waals surface area contributed by atoms with Crippen LogP contribution in [0.15, 0.2) is 18.2 Å². The lowest BCUT2D eigenvalue weighted by Crippen LogP contribution is -2.20. The first-order valence-corrected chi connectivity index (χ1v) is 4.93. The molecule has 0 saturated carbocycles. The molecule has 0 saturated heterocycles. The molecular formula is C13H16O3. The van der Waals surface area contributed by atoms with Gasteiger partial charge in [0.15, 0.2) is 11.5 Å². The Morgan fingerprint density at radius 2 is 1.94 bits per heavy atom. The molecule has 0 spiro atoms. The van der Waals surface area contributed by atoms with Crippen LogP contribution < -0.4 is 9.47 Å². The zero-order valence-electron chi connectivity index (χ0n) is 9.78. The van der Waals surface area contributed by atoms with Crippen LogP contribution in [-0.4, -0.2) is 19.3 Å². The number of methoxy groups -OCH3 is 2. The van der Waals surface area contributed by atoms with E-state index in [9.17, 15) is 5.11 Å². The second kappa shape index (κ2) is 4.91. The highest BCUT2D eigenvalue weighted by molar-refractivity contribution is 5.44. The highest BCUT2D eigenvalue weighted by Gasteiger charge is 2.23. The molecule has 1 aromatic rings. The van der Waals surface area contributed by atoms with E-state index in [1.165, 1.54) is 0 Å². The molecule has 3 nitrogen and oxygen atoms in total. The van der Waals surface area contributed by atoms with Crippen LogP contribution in [0.4, 0.5) is 0 Å². The van der Waals surface area contributed by atoms with Crippen molar-refractivity contribution in [2.45, 2.75) is 18.9 Å². The van der Waals surface area contributed by atoms with Crippen molar-refractivity contribution < 1.29 is 14.6 Å². The SMILES string of the molecule is C#CC[C@](C)(O)c1ccc(OC)c(OC)c1. The fourth-order valence-electron chi connectivity index (χ4n) is 1.47. The highest BCUT2D eigenvalue weighted by atomic mass is 16.5. The topological polar surface area (TPSA) is 38.7 Å². The van der Waals surface area contributed by atoms with Crippen LogP contribution >= 0.6 is 0 Å². The van der Waals surface area contributed by atoms with Crippen molar-refractivity contribution in [2.24, 2.45) is 0 Å². The first-order valence-electron chi connectivity index (χ1n) is 4.93. The predicted octanol–water partition coefficient (Wildman–Crippen LogP) is 1.93. The summed E-state index contributed by atoms with van der Waals surface area (Å²) in [6.07, 6.45) is 5.47. The van der Waals surface area contributed by atoms with Crippen LogP contribution in [0.5, 0.6) is 11.5 Å². The molecular weight excluding hydrogens is 204 g/mol. The average Bonchev–Trinajstić information content (AvgIpc) is 2.28. The van der Waals surface area contributed by atoms with Gasteiger partial charge in [-0.25, -0.2) is 0 Å². The van der Waals surface area contributed by atoms with Crippen LogP contribution in [0.3, 0.4) is 0 Å². The van der Waals surface area contributed by atoms with Gasteiger partial charge >= 0.3 is 0 Å². The standard InChI is InChI=1S/C13H16O3/c1-5-8-13(2,14)10-6-7-11(15-3)12(9-10)16-4/h1,6-7,9,14H,8H2,2-4H3/t13-/m0/s1. The normalized spacial score (nSPS) is 13.7. The van der Waals surface area contributed by atoms with Crippen molar-refractivity contribution in [1.29, 1.82) is 0 Å². The molecule has 0 radical (unpaired) electrons. The van der Waals surface area contributed by atoms with Crippen molar-refractivity contribution in [3.8, 4) is 23.8 Å². The number of hydrogen-bond acceptors (Lipinski definition) is 3. The van der Waals surface area contributed by atoms with E-state index >= 15 is 0 Å². The third kappa shape index (κ3) is 2.47. The number of hydrogen-bond donors (Lipinski definition) is 1. The second-order valence-corrected chi connectivity index (χ2v) is 3.72. The molecule has 0 fully saturated rings. The lowest BCUT2D eigenvalue weighted by molar-refractivity contribution is 0.0626. The maximum atomic E-state index is 10.1. The van der Waals surface area contributed by atoms with Gasteiger partial charge in [0, 0.05) is 6.42 Å². The van der Waals surface area contributed by atoms with Crippen molar-refractivity contribution in [3.05, 3.63) is 23.8 Å². The van der Waals surface area contributed by atoms with E-state index in [1.807, 2.05) is 0 Å². The van der Waals surface area contributed by atoms with Gasteiger partial charge in [-0.2, -0.15) is 0 Å². The monoisotopic (exact) mass is 220 g/mol.